The first-order valence-corrected chi connectivity index (χ1v) is 11.7. The van der Waals surface area contributed by atoms with Gasteiger partial charge in [0.1, 0.15) is 11.7 Å². The van der Waals surface area contributed by atoms with Gasteiger partial charge in [0, 0.05) is 43.5 Å². The molecule has 0 N–H and O–H groups in total. The van der Waals surface area contributed by atoms with Crippen molar-refractivity contribution < 1.29 is 22.9 Å². The number of halogens is 1. The van der Waals surface area contributed by atoms with Gasteiger partial charge in [-0.05, 0) is 23.8 Å². The van der Waals surface area contributed by atoms with Gasteiger partial charge in [0.05, 0.1) is 16.9 Å². The molecule has 2 aromatic carbocycles. The molecule has 0 spiro atoms. The first kappa shape index (κ1) is 23.0. The molecule has 0 radical (unpaired) electrons. The summed E-state index contributed by atoms with van der Waals surface area (Å²) >= 11 is 6.30. The van der Waals surface area contributed by atoms with Crippen LogP contribution in [-0.4, -0.2) is 63.8 Å². The maximum absolute atomic E-state index is 12.5. The van der Waals surface area contributed by atoms with E-state index < -0.39 is 26.8 Å². The van der Waals surface area contributed by atoms with Crippen LogP contribution in [0.2, 0.25) is 5.02 Å². The lowest BCUT2D eigenvalue weighted by Gasteiger charge is -2.39. The second-order valence-corrected chi connectivity index (χ2v) is 9.57. The van der Waals surface area contributed by atoms with Crippen LogP contribution in [0.3, 0.4) is 0 Å². The first-order valence-electron chi connectivity index (χ1n) is 9.43. The third-order valence-corrected chi connectivity index (χ3v) is 6.67. The predicted octanol–water partition coefficient (Wildman–Crippen LogP) is 2.69. The minimum absolute atomic E-state index is 0.105. The number of nitro groups is 1. The van der Waals surface area contributed by atoms with E-state index in [1.54, 1.807) is 24.3 Å². The Bertz CT molecular complexity index is 1100. The molecule has 11 heteroatoms. The SMILES string of the molecule is COC(=O)[C@@H](c1ccccc1Cl)N1CCN(c2ccc(S(C)(=O)=O)cc2[N+](=O)[O-])CC1. The number of methoxy groups -OCH3 is 1. The molecule has 1 aliphatic rings. The number of rotatable bonds is 6. The fourth-order valence-corrected chi connectivity index (χ4v) is 4.53. The van der Waals surface area contributed by atoms with Crippen molar-refractivity contribution >= 4 is 38.8 Å². The van der Waals surface area contributed by atoms with Gasteiger partial charge < -0.3 is 9.64 Å². The number of nitrogens with zero attached hydrogens (tertiary/aromatic N) is 3. The summed E-state index contributed by atoms with van der Waals surface area (Å²) in [5.74, 6) is -0.440. The second kappa shape index (κ2) is 9.21. The Morgan fingerprint density at radius 2 is 1.81 bits per heavy atom. The van der Waals surface area contributed by atoms with Crippen molar-refractivity contribution in [3.8, 4) is 0 Å². The van der Waals surface area contributed by atoms with Gasteiger partial charge in [-0.1, -0.05) is 29.8 Å². The maximum Gasteiger partial charge on any atom is 0.327 e. The Morgan fingerprint density at radius 1 is 1.16 bits per heavy atom. The van der Waals surface area contributed by atoms with Crippen molar-refractivity contribution in [3.05, 3.63) is 63.2 Å². The Balaban J connectivity index is 1.85. The number of anilines is 1. The normalized spacial score (nSPS) is 16.0. The van der Waals surface area contributed by atoms with Gasteiger partial charge in [-0.2, -0.15) is 0 Å². The van der Waals surface area contributed by atoms with Crippen LogP contribution in [0, 0.1) is 10.1 Å². The van der Waals surface area contributed by atoms with Crippen LogP contribution in [0.4, 0.5) is 11.4 Å². The van der Waals surface area contributed by atoms with Gasteiger partial charge in [0.25, 0.3) is 5.69 Å². The Morgan fingerprint density at radius 3 is 2.35 bits per heavy atom. The number of benzene rings is 2. The number of esters is 1. The standard InChI is InChI=1S/C20H22ClN3O6S/c1-30-20(25)19(15-5-3-4-6-16(15)21)23-11-9-22(10-12-23)17-8-7-14(31(2,28)29)13-18(17)24(26)27/h3-8,13,19H,9-12H2,1-2H3/t19-/m1/s1. The summed E-state index contributed by atoms with van der Waals surface area (Å²) in [6.07, 6.45) is 1.01. The molecule has 1 aliphatic heterocycles. The quantitative estimate of drug-likeness (QED) is 0.362. The molecule has 1 saturated heterocycles. The van der Waals surface area contributed by atoms with Crippen molar-refractivity contribution in [1.82, 2.24) is 4.90 Å². The van der Waals surface area contributed by atoms with Crippen LogP contribution < -0.4 is 4.90 Å². The fourth-order valence-electron chi connectivity index (χ4n) is 3.65. The van der Waals surface area contributed by atoms with E-state index in [1.807, 2.05) is 9.80 Å². The van der Waals surface area contributed by atoms with E-state index in [1.165, 1.54) is 19.2 Å². The lowest BCUT2D eigenvalue weighted by Crippen LogP contribution is -2.49. The zero-order valence-corrected chi connectivity index (χ0v) is 18.6. The van der Waals surface area contributed by atoms with Gasteiger partial charge in [0.15, 0.2) is 9.84 Å². The van der Waals surface area contributed by atoms with Gasteiger partial charge in [-0.15, -0.1) is 0 Å². The highest BCUT2D eigenvalue weighted by molar-refractivity contribution is 7.90. The van der Waals surface area contributed by atoms with E-state index in [0.29, 0.717) is 42.5 Å². The Hall–Kier alpha value is -2.69. The van der Waals surface area contributed by atoms with Crippen molar-refractivity contribution in [3.63, 3.8) is 0 Å². The monoisotopic (exact) mass is 467 g/mol. The summed E-state index contributed by atoms with van der Waals surface area (Å²) in [4.78, 5) is 27.1. The maximum atomic E-state index is 12.5. The van der Waals surface area contributed by atoms with Gasteiger partial charge in [-0.3, -0.25) is 15.0 Å². The van der Waals surface area contributed by atoms with E-state index in [0.717, 1.165) is 12.3 Å². The summed E-state index contributed by atoms with van der Waals surface area (Å²) in [6.45, 7) is 1.65. The molecule has 2 aromatic rings. The van der Waals surface area contributed by atoms with Gasteiger partial charge in [0.2, 0.25) is 0 Å². The molecular formula is C20H22ClN3O6S. The zero-order chi connectivity index (χ0) is 22.8. The van der Waals surface area contributed by atoms with E-state index in [9.17, 15) is 23.3 Å². The minimum Gasteiger partial charge on any atom is -0.468 e. The molecule has 31 heavy (non-hydrogen) atoms. The summed E-state index contributed by atoms with van der Waals surface area (Å²) in [6, 6.07) is 10.3. The van der Waals surface area contributed by atoms with Crippen LogP contribution in [0.25, 0.3) is 0 Å². The molecule has 0 amide bonds. The molecule has 0 aliphatic carbocycles. The molecule has 0 aromatic heterocycles. The van der Waals surface area contributed by atoms with Crippen LogP contribution >= 0.6 is 11.6 Å². The summed E-state index contributed by atoms with van der Waals surface area (Å²) in [7, 11) is -2.25. The van der Waals surface area contributed by atoms with E-state index in [-0.39, 0.29) is 10.6 Å². The highest BCUT2D eigenvalue weighted by atomic mass is 35.5. The van der Waals surface area contributed by atoms with Crippen molar-refractivity contribution in [2.75, 3.05) is 44.4 Å². The third-order valence-electron chi connectivity index (χ3n) is 5.22. The summed E-state index contributed by atoms with van der Waals surface area (Å²) < 4.78 is 28.5. The van der Waals surface area contributed by atoms with E-state index in [4.69, 9.17) is 16.3 Å². The van der Waals surface area contributed by atoms with Crippen LogP contribution in [-0.2, 0) is 19.4 Å². The Labute approximate surface area is 185 Å². The molecule has 1 heterocycles. The second-order valence-electron chi connectivity index (χ2n) is 7.15. The molecule has 0 saturated carbocycles. The first-order chi connectivity index (χ1) is 14.6. The molecule has 0 bridgehead atoms. The zero-order valence-electron chi connectivity index (χ0n) is 17.0. The van der Waals surface area contributed by atoms with Crippen molar-refractivity contribution in [2.45, 2.75) is 10.9 Å². The highest BCUT2D eigenvalue weighted by Gasteiger charge is 2.34. The molecule has 1 atom stereocenters. The van der Waals surface area contributed by atoms with Crippen molar-refractivity contribution in [1.29, 1.82) is 0 Å². The number of carbonyl (C=O) groups excluding carboxylic acids is 1. The fraction of sp³-hybridized carbons (Fsp3) is 0.350. The largest absolute Gasteiger partial charge is 0.468 e. The molecule has 1 fully saturated rings. The molecular weight excluding hydrogens is 446 g/mol. The molecule has 166 valence electrons. The molecule has 0 unspecified atom stereocenters. The lowest BCUT2D eigenvalue weighted by molar-refractivity contribution is -0.384. The summed E-state index contributed by atoms with van der Waals surface area (Å²) in [5.41, 5.74) is 0.698. The van der Waals surface area contributed by atoms with E-state index in [2.05, 4.69) is 0 Å². The molecule has 9 nitrogen and oxygen atoms in total. The predicted molar refractivity (Wildman–Crippen MR) is 116 cm³/mol. The van der Waals surface area contributed by atoms with E-state index >= 15 is 0 Å². The number of sulfone groups is 1. The average Bonchev–Trinajstić information content (AvgIpc) is 2.74. The average molecular weight is 468 g/mol. The van der Waals surface area contributed by atoms with Crippen LogP contribution in [0.1, 0.15) is 11.6 Å². The Kier molecular flexibility index (Phi) is 6.83. The summed E-state index contributed by atoms with van der Waals surface area (Å²) in [5, 5.41) is 12.0. The highest BCUT2D eigenvalue weighted by Crippen LogP contribution is 2.34. The van der Waals surface area contributed by atoms with Gasteiger partial charge in [-0.25, -0.2) is 13.2 Å². The third kappa shape index (κ3) is 4.97. The number of ether oxygens (including phenoxy) is 1. The smallest absolute Gasteiger partial charge is 0.327 e. The lowest BCUT2D eigenvalue weighted by atomic mass is 10.0. The minimum atomic E-state index is -3.57. The number of hydrogen-bond acceptors (Lipinski definition) is 8. The topological polar surface area (TPSA) is 110 Å². The van der Waals surface area contributed by atoms with Crippen LogP contribution in [0.15, 0.2) is 47.4 Å². The number of hydrogen-bond donors (Lipinski definition) is 0. The number of piperazine rings is 1. The van der Waals surface area contributed by atoms with Gasteiger partial charge >= 0.3 is 5.97 Å². The number of carbonyl (C=O) groups is 1. The molecule has 3 rings (SSSR count). The van der Waals surface area contributed by atoms with Crippen molar-refractivity contribution in [2.24, 2.45) is 0 Å². The number of nitro benzene ring substituents is 1. The van der Waals surface area contributed by atoms with Crippen LogP contribution in [0.5, 0.6) is 0 Å².